The number of halogens is 2. The molecule has 3 heterocycles. The van der Waals surface area contributed by atoms with E-state index in [9.17, 15) is 0 Å². The van der Waals surface area contributed by atoms with Gasteiger partial charge in [-0.2, -0.15) is 0 Å². The zero-order valence-corrected chi connectivity index (χ0v) is 12.7. The van der Waals surface area contributed by atoms with Crippen molar-refractivity contribution < 1.29 is 0 Å². The highest BCUT2D eigenvalue weighted by Crippen LogP contribution is 2.23. The molecule has 0 amide bonds. The Morgan fingerprint density at radius 2 is 1.68 bits per heavy atom. The summed E-state index contributed by atoms with van der Waals surface area (Å²) in [5.74, 6) is 1.02. The molecule has 3 rings (SSSR count). The predicted octanol–water partition coefficient (Wildman–Crippen LogP) is 1.56. The first-order valence-electron chi connectivity index (χ1n) is 5.95. The highest BCUT2D eigenvalue weighted by molar-refractivity contribution is 5.86. The van der Waals surface area contributed by atoms with Crippen LogP contribution in [-0.2, 0) is 7.05 Å². The predicted molar refractivity (Wildman–Crippen MR) is 82.7 cm³/mol. The lowest BCUT2D eigenvalue weighted by molar-refractivity contribution is 0.312. The van der Waals surface area contributed by atoms with E-state index in [4.69, 9.17) is 0 Å². The van der Waals surface area contributed by atoms with Crippen LogP contribution < -0.4 is 4.90 Å². The van der Waals surface area contributed by atoms with Crippen molar-refractivity contribution in [1.82, 2.24) is 19.4 Å². The summed E-state index contributed by atoms with van der Waals surface area (Å²) in [6, 6.07) is 2.02. The van der Waals surface area contributed by atoms with E-state index in [0.29, 0.717) is 0 Å². The van der Waals surface area contributed by atoms with Crippen molar-refractivity contribution in [2.45, 2.75) is 0 Å². The third-order valence-electron chi connectivity index (χ3n) is 3.43. The van der Waals surface area contributed by atoms with Crippen LogP contribution >= 0.6 is 24.8 Å². The van der Waals surface area contributed by atoms with Crippen LogP contribution in [0.4, 0.5) is 5.82 Å². The Balaban J connectivity index is 0.000000902. The summed E-state index contributed by atoms with van der Waals surface area (Å²) in [6.07, 6.45) is 3.73. The van der Waals surface area contributed by atoms with Crippen LogP contribution in [0.1, 0.15) is 0 Å². The zero-order valence-electron chi connectivity index (χ0n) is 11.1. The second-order valence-electron chi connectivity index (χ2n) is 4.65. The number of aromatic nitrogens is 3. The Bertz CT molecular complexity index is 534. The highest BCUT2D eigenvalue weighted by Gasteiger charge is 2.18. The van der Waals surface area contributed by atoms with Gasteiger partial charge in [0.05, 0.1) is 11.8 Å². The summed E-state index contributed by atoms with van der Waals surface area (Å²) in [5.41, 5.74) is 2.16. The average Bonchev–Trinajstić information content (AvgIpc) is 2.73. The number of likely N-dealkylation sites (N-methyl/N-ethyl adjacent to an activating group) is 1. The Hall–Kier alpha value is -1.04. The van der Waals surface area contributed by atoms with Gasteiger partial charge in [-0.25, -0.2) is 9.97 Å². The number of aryl methyl sites for hydroxylation is 1. The van der Waals surface area contributed by atoms with Gasteiger partial charge in [-0.1, -0.05) is 0 Å². The Labute approximate surface area is 125 Å². The summed E-state index contributed by atoms with van der Waals surface area (Å²) >= 11 is 0. The van der Waals surface area contributed by atoms with Gasteiger partial charge in [0.1, 0.15) is 5.52 Å². The normalized spacial score (nSPS) is 16.0. The van der Waals surface area contributed by atoms with Crippen LogP contribution in [-0.4, -0.2) is 52.7 Å². The van der Waals surface area contributed by atoms with E-state index >= 15 is 0 Å². The molecule has 0 atom stereocenters. The zero-order chi connectivity index (χ0) is 11.8. The maximum Gasteiger partial charge on any atom is 0.156 e. The molecule has 0 aromatic carbocycles. The standard InChI is InChI=1S/C12H17N5.2ClH/c1-15-5-7-17(8-6-15)12-11-10(3-4-13-12)16(2)9-14-11;;/h3-4,9H,5-8H2,1-2H3;2*1H. The van der Waals surface area contributed by atoms with Crippen LogP contribution in [0.3, 0.4) is 0 Å². The molecule has 0 bridgehead atoms. The molecule has 0 saturated carbocycles. The molecule has 1 aliphatic heterocycles. The maximum atomic E-state index is 4.50. The first kappa shape index (κ1) is 16.0. The second kappa shape index (κ2) is 6.41. The maximum absolute atomic E-state index is 4.50. The van der Waals surface area contributed by atoms with E-state index in [1.54, 1.807) is 0 Å². The van der Waals surface area contributed by atoms with E-state index in [2.05, 4.69) is 26.8 Å². The van der Waals surface area contributed by atoms with Gasteiger partial charge in [0.2, 0.25) is 0 Å². The summed E-state index contributed by atoms with van der Waals surface area (Å²) in [5, 5.41) is 0. The third-order valence-corrected chi connectivity index (χ3v) is 3.43. The molecule has 0 unspecified atom stereocenters. The minimum absolute atomic E-state index is 0. The molecule has 19 heavy (non-hydrogen) atoms. The Morgan fingerprint density at radius 1 is 1.00 bits per heavy atom. The molecule has 2 aromatic rings. The lowest BCUT2D eigenvalue weighted by Gasteiger charge is -2.33. The second-order valence-corrected chi connectivity index (χ2v) is 4.65. The van der Waals surface area contributed by atoms with E-state index in [0.717, 1.165) is 43.0 Å². The van der Waals surface area contributed by atoms with Gasteiger partial charge in [0.15, 0.2) is 5.82 Å². The fraction of sp³-hybridized carbons (Fsp3) is 0.500. The molecule has 7 heteroatoms. The van der Waals surface area contributed by atoms with Crippen LogP contribution in [0, 0.1) is 0 Å². The van der Waals surface area contributed by atoms with Crippen molar-refractivity contribution in [3.63, 3.8) is 0 Å². The van der Waals surface area contributed by atoms with Crippen molar-refractivity contribution in [1.29, 1.82) is 0 Å². The van der Waals surface area contributed by atoms with Crippen molar-refractivity contribution in [2.75, 3.05) is 38.1 Å². The first-order chi connectivity index (χ1) is 8.25. The third kappa shape index (κ3) is 2.94. The molecule has 0 radical (unpaired) electrons. The molecule has 1 aliphatic rings. The molecule has 0 spiro atoms. The highest BCUT2D eigenvalue weighted by atomic mass is 35.5. The molecule has 5 nitrogen and oxygen atoms in total. The lowest BCUT2D eigenvalue weighted by Crippen LogP contribution is -2.44. The van der Waals surface area contributed by atoms with Crippen LogP contribution in [0.2, 0.25) is 0 Å². The van der Waals surface area contributed by atoms with Crippen LogP contribution in [0.15, 0.2) is 18.6 Å². The molecule has 0 aliphatic carbocycles. The van der Waals surface area contributed by atoms with E-state index in [1.165, 1.54) is 0 Å². The van der Waals surface area contributed by atoms with E-state index < -0.39 is 0 Å². The van der Waals surface area contributed by atoms with Gasteiger partial charge in [0, 0.05) is 39.4 Å². The minimum Gasteiger partial charge on any atom is -0.352 e. The largest absolute Gasteiger partial charge is 0.352 e. The average molecular weight is 304 g/mol. The monoisotopic (exact) mass is 303 g/mol. The SMILES string of the molecule is CN1CCN(c2nccc3c2ncn3C)CC1.Cl.Cl. The summed E-state index contributed by atoms with van der Waals surface area (Å²) in [4.78, 5) is 13.6. The topological polar surface area (TPSA) is 37.2 Å². The lowest BCUT2D eigenvalue weighted by atomic mass is 10.3. The smallest absolute Gasteiger partial charge is 0.156 e. The van der Waals surface area contributed by atoms with Gasteiger partial charge < -0.3 is 14.4 Å². The number of hydrogen-bond donors (Lipinski definition) is 0. The summed E-state index contributed by atoms with van der Waals surface area (Å²) in [7, 11) is 4.18. The fourth-order valence-corrected chi connectivity index (χ4v) is 2.30. The number of imidazole rings is 1. The van der Waals surface area contributed by atoms with E-state index in [1.807, 2.05) is 30.2 Å². The first-order valence-corrected chi connectivity index (χ1v) is 5.95. The fourth-order valence-electron chi connectivity index (χ4n) is 2.30. The quantitative estimate of drug-likeness (QED) is 0.801. The summed E-state index contributed by atoms with van der Waals surface area (Å²) < 4.78 is 2.04. The van der Waals surface area contributed by atoms with Crippen molar-refractivity contribution in [3.05, 3.63) is 18.6 Å². The number of nitrogens with zero attached hydrogens (tertiary/aromatic N) is 5. The van der Waals surface area contributed by atoms with Gasteiger partial charge in [-0.3, -0.25) is 0 Å². The molecule has 2 aromatic heterocycles. The number of hydrogen-bond acceptors (Lipinski definition) is 4. The number of rotatable bonds is 1. The molecule has 1 fully saturated rings. The molecular weight excluding hydrogens is 285 g/mol. The number of pyridine rings is 1. The van der Waals surface area contributed by atoms with Gasteiger partial charge in [-0.05, 0) is 13.1 Å². The van der Waals surface area contributed by atoms with Crippen LogP contribution in [0.5, 0.6) is 0 Å². The number of piperazine rings is 1. The van der Waals surface area contributed by atoms with Crippen molar-refractivity contribution in [3.8, 4) is 0 Å². The number of fused-ring (bicyclic) bond motifs is 1. The van der Waals surface area contributed by atoms with Crippen LogP contribution in [0.25, 0.3) is 11.0 Å². The molecule has 0 N–H and O–H groups in total. The molecule has 1 saturated heterocycles. The van der Waals surface area contributed by atoms with Gasteiger partial charge >= 0.3 is 0 Å². The minimum atomic E-state index is 0. The van der Waals surface area contributed by atoms with Gasteiger partial charge in [0.25, 0.3) is 0 Å². The van der Waals surface area contributed by atoms with E-state index in [-0.39, 0.29) is 24.8 Å². The molecule has 106 valence electrons. The Kier molecular flexibility index (Phi) is 5.40. The molecular formula is C12H19Cl2N5. The summed E-state index contributed by atoms with van der Waals surface area (Å²) in [6.45, 7) is 4.23. The number of anilines is 1. The Morgan fingerprint density at radius 3 is 2.37 bits per heavy atom. The van der Waals surface area contributed by atoms with Gasteiger partial charge in [-0.15, -0.1) is 24.8 Å². The van der Waals surface area contributed by atoms with Crippen molar-refractivity contribution >= 4 is 41.7 Å². The van der Waals surface area contributed by atoms with Crippen molar-refractivity contribution in [2.24, 2.45) is 7.05 Å².